The second kappa shape index (κ2) is 7.58. The first kappa shape index (κ1) is 17.8. The molecule has 0 fully saturated rings. The maximum absolute atomic E-state index is 12.8. The second-order valence-electron chi connectivity index (χ2n) is 5.94. The number of ether oxygens (including phenoxy) is 1. The van der Waals surface area contributed by atoms with E-state index < -0.39 is 0 Å². The molecule has 138 valence electrons. The van der Waals surface area contributed by atoms with Crippen LogP contribution in [0.4, 0.5) is 5.69 Å². The normalized spacial score (nSPS) is 12.4. The molecule has 3 aromatic heterocycles. The number of nitrogens with zero attached hydrogens (tertiary/aromatic N) is 3. The van der Waals surface area contributed by atoms with Gasteiger partial charge in [-0.2, -0.15) is 0 Å². The van der Waals surface area contributed by atoms with Crippen molar-refractivity contribution in [1.29, 1.82) is 0 Å². The highest BCUT2D eigenvalue weighted by Crippen LogP contribution is 2.32. The SMILES string of the molecule is CC[C@@H](Sc1nncn2c1cc1sccc12)C(=O)Nc1cccc(OC)c1. The molecule has 4 aromatic rings. The van der Waals surface area contributed by atoms with Gasteiger partial charge in [0.25, 0.3) is 0 Å². The molecule has 8 heteroatoms. The number of thiophene rings is 1. The summed E-state index contributed by atoms with van der Waals surface area (Å²) in [6.07, 6.45) is 2.39. The summed E-state index contributed by atoms with van der Waals surface area (Å²) in [7, 11) is 1.60. The van der Waals surface area contributed by atoms with Crippen LogP contribution >= 0.6 is 23.1 Å². The average Bonchev–Trinajstić information content (AvgIpc) is 3.28. The lowest BCUT2D eigenvalue weighted by atomic mass is 10.2. The predicted octanol–water partition coefficient (Wildman–Crippen LogP) is 4.46. The number of fused-ring (bicyclic) bond motifs is 3. The van der Waals surface area contributed by atoms with E-state index in [2.05, 4.69) is 33.0 Å². The van der Waals surface area contributed by atoms with Crippen molar-refractivity contribution in [2.24, 2.45) is 0 Å². The molecule has 0 saturated carbocycles. The number of aromatic nitrogens is 3. The Labute approximate surface area is 164 Å². The van der Waals surface area contributed by atoms with Crippen LogP contribution in [0.25, 0.3) is 15.7 Å². The first-order valence-electron chi connectivity index (χ1n) is 8.51. The van der Waals surface area contributed by atoms with Gasteiger partial charge < -0.3 is 10.1 Å². The Kier molecular flexibility index (Phi) is 5.00. The van der Waals surface area contributed by atoms with Gasteiger partial charge in [0.15, 0.2) is 0 Å². The lowest BCUT2D eigenvalue weighted by Gasteiger charge is -2.15. The predicted molar refractivity (Wildman–Crippen MR) is 110 cm³/mol. The number of nitrogens with one attached hydrogen (secondary N) is 1. The van der Waals surface area contributed by atoms with Crippen LogP contribution in [0.2, 0.25) is 0 Å². The number of benzene rings is 1. The fourth-order valence-corrected chi connectivity index (χ4v) is 4.66. The van der Waals surface area contributed by atoms with E-state index >= 15 is 0 Å². The van der Waals surface area contributed by atoms with Crippen LogP contribution in [-0.2, 0) is 4.79 Å². The number of anilines is 1. The van der Waals surface area contributed by atoms with E-state index in [1.165, 1.54) is 16.5 Å². The van der Waals surface area contributed by atoms with E-state index in [0.717, 1.165) is 16.1 Å². The van der Waals surface area contributed by atoms with Crippen LogP contribution in [0, 0.1) is 0 Å². The van der Waals surface area contributed by atoms with Crippen molar-refractivity contribution in [2.45, 2.75) is 23.6 Å². The molecule has 0 spiro atoms. The van der Waals surface area contributed by atoms with Crippen LogP contribution in [0.5, 0.6) is 5.75 Å². The minimum atomic E-state index is -0.273. The van der Waals surface area contributed by atoms with Crippen LogP contribution in [0.3, 0.4) is 0 Å². The van der Waals surface area contributed by atoms with Gasteiger partial charge in [0.2, 0.25) is 5.91 Å². The van der Waals surface area contributed by atoms with Gasteiger partial charge in [-0.25, -0.2) is 0 Å². The summed E-state index contributed by atoms with van der Waals surface area (Å²) in [4.78, 5) is 12.8. The highest BCUT2D eigenvalue weighted by molar-refractivity contribution is 8.00. The number of rotatable bonds is 6. The van der Waals surface area contributed by atoms with E-state index in [0.29, 0.717) is 17.9 Å². The summed E-state index contributed by atoms with van der Waals surface area (Å²) < 4.78 is 8.41. The van der Waals surface area contributed by atoms with Crippen LogP contribution in [0.1, 0.15) is 13.3 Å². The third kappa shape index (κ3) is 3.50. The first-order chi connectivity index (χ1) is 13.2. The molecule has 27 heavy (non-hydrogen) atoms. The molecule has 0 bridgehead atoms. The van der Waals surface area contributed by atoms with Crippen LogP contribution in [0.15, 0.2) is 53.1 Å². The molecule has 0 aliphatic rings. The molecule has 6 nitrogen and oxygen atoms in total. The molecule has 1 N–H and O–H groups in total. The molecule has 1 aromatic carbocycles. The third-order valence-electron chi connectivity index (χ3n) is 4.25. The standard InChI is InChI=1S/C19H18N4O2S2/c1-3-16(18(24)21-12-5-4-6-13(9-12)25-2)27-19-15-10-17-14(7-8-26-17)23(15)11-20-22-19/h4-11,16H,3H2,1-2H3,(H,21,24)/t16-/m1/s1. The summed E-state index contributed by atoms with van der Waals surface area (Å²) in [5.41, 5.74) is 2.80. The third-order valence-corrected chi connectivity index (χ3v) is 6.45. The van der Waals surface area contributed by atoms with Gasteiger partial charge >= 0.3 is 0 Å². The Morgan fingerprint density at radius 3 is 3.04 bits per heavy atom. The summed E-state index contributed by atoms with van der Waals surface area (Å²) in [5, 5.41) is 13.9. The van der Waals surface area contributed by atoms with Gasteiger partial charge in [-0.05, 0) is 36.1 Å². The van der Waals surface area contributed by atoms with Crippen molar-refractivity contribution in [3.05, 3.63) is 48.1 Å². The lowest BCUT2D eigenvalue weighted by molar-refractivity contribution is -0.115. The van der Waals surface area contributed by atoms with Crippen molar-refractivity contribution in [3.63, 3.8) is 0 Å². The largest absolute Gasteiger partial charge is 0.497 e. The van der Waals surface area contributed by atoms with E-state index in [1.54, 1.807) is 30.8 Å². The molecule has 0 aliphatic heterocycles. The number of amides is 1. The minimum absolute atomic E-state index is 0.0621. The molecule has 0 unspecified atom stereocenters. The number of thioether (sulfide) groups is 1. The Balaban J connectivity index is 1.58. The molecule has 0 saturated heterocycles. The smallest absolute Gasteiger partial charge is 0.237 e. The molecular formula is C19H18N4O2S2. The number of hydrogen-bond acceptors (Lipinski definition) is 6. The quantitative estimate of drug-likeness (QED) is 0.486. The number of carbonyl (C=O) groups excluding carboxylic acids is 1. The van der Waals surface area contributed by atoms with Crippen molar-refractivity contribution in [1.82, 2.24) is 14.6 Å². The zero-order valence-electron chi connectivity index (χ0n) is 14.9. The van der Waals surface area contributed by atoms with E-state index in [-0.39, 0.29) is 11.2 Å². The number of hydrogen-bond donors (Lipinski definition) is 1. The number of methoxy groups -OCH3 is 1. The Hall–Kier alpha value is -2.58. The zero-order chi connectivity index (χ0) is 18.8. The maximum atomic E-state index is 12.8. The highest BCUT2D eigenvalue weighted by atomic mass is 32.2. The summed E-state index contributed by atoms with van der Waals surface area (Å²) >= 11 is 3.12. The van der Waals surface area contributed by atoms with Gasteiger partial charge in [0, 0.05) is 11.8 Å². The molecule has 0 aliphatic carbocycles. The molecule has 3 heterocycles. The Bertz CT molecular complexity index is 1110. The second-order valence-corrected chi connectivity index (χ2v) is 8.08. The zero-order valence-corrected chi connectivity index (χ0v) is 16.5. The summed E-state index contributed by atoms with van der Waals surface area (Å²) in [6.45, 7) is 1.99. The van der Waals surface area contributed by atoms with Gasteiger partial charge in [0.1, 0.15) is 17.1 Å². The highest BCUT2D eigenvalue weighted by Gasteiger charge is 2.21. The Morgan fingerprint density at radius 1 is 1.33 bits per heavy atom. The van der Waals surface area contributed by atoms with Gasteiger partial charge in [-0.1, -0.05) is 24.8 Å². The van der Waals surface area contributed by atoms with Gasteiger partial charge in [0.05, 0.1) is 28.1 Å². The molecular weight excluding hydrogens is 380 g/mol. The maximum Gasteiger partial charge on any atom is 0.237 e. The van der Waals surface area contributed by atoms with Crippen LogP contribution < -0.4 is 10.1 Å². The van der Waals surface area contributed by atoms with Crippen molar-refractivity contribution in [2.75, 3.05) is 12.4 Å². The minimum Gasteiger partial charge on any atom is -0.497 e. The monoisotopic (exact) mass is 398 g/mol. The van der Waals surface area contributed by atoms with Gasteiger partial charge in [-0.3, -0.25) is 9.20 Å². The molecule has 0 radical (unpaired) electrons. The fraction of sp³-hybridized carbons (Fsp3) is 0.211. The topological polar surface area (TPSA) is 68.5 Å². The summed E-state index contributed by atoms with van der Waals surface area (Å²) in [5.74, 6) is 0.644. The van der Waals surface area contributed by atoms with E-state index in [4.69, 9.17) is 4.74 Å². The Morgan fingerprint density at radius 2 is 2.22 bits per heavy atom. The number of carbonyl (C=O) groups is 1. The molecule has 1 atom stereocenters. The fourth-order valence-electron chi connectivity index (χ4n) is 2.88. The van der Waals surface area contributed by atoms with E-state index in [1.807, 2.05) is 29.5 Å². The van der Waals surface area contributed by atoms with Crippen LogP contribution in [-0.4, -0.2) is 32.9 Å². The molecule has 4 rings (SSSR count). The van der Waals surface area contributed by atoms with Crippen molar-refractivity contribution >= 4 is 50.4 Å². The first-order valence-corrected chi connectivity index (χ1v) is 10.3. The van der Waals surface area contributed by atoms with Crippen molar-refractivity contribution < 1.29 is 9.53 Å². The molecule has 1 amide bonds. The van der Waals surface area contributed by atoms with Gasteiger partial charge in [-0.15, -0.1) is 21.5 Å². The van der Waals surface area contributed by atoms with Crippen molar-refractivity contribution in [3.8, 4) is 5.75 Å². The van der Waals surface area contributed by atoms with E-state index in [9.17, 15) is 4.79 Å². The summed E-state index contributed by atoms with van der Waals surface area (Å²) in [6, 6.07) is 11.5. The average molecular weight is 399 g/mol. The lowest BCUT2D eigenvalue weighted by Crippen LogP contribution is -2.24.